The van der Waals surface area contributed by atoms with Crippen molar-refractivity contribution in [2.45, 2.75) is 13.0 Å². The number of thiazole rings is 1. The second-order valence-electron chi connectivity index (χ2n) is 6.17. The summed E-state index contributed by atoms with van der Waals surface area (Å²) in [6.07, 6.45) is 0.0342. The lowest BCUT2D eigenvalue weighted by atomic mass is 10.1. The number of nitrogens with one attached hydrogen (secondary N) is 1. The number of nitrogens with zero attached hydrogens (tertiary/aromatic N) is 1. The zero-order chi connectivity index (χ0) is 19.5. The molecule has 4 aromatic rings. The van der Waals surface area contributed by atoms with Crippen molar-refractivity contribution in [1.29, 1.82) is 0 Å². The fourth-order valence-electron chi connectivity index (χ4n) is 2.80. The SMILES string of the molecule is O=C(Cc1csc(-c2ccccc2Cl)n1)OCc1cc2ccccc2[nH]c1=O. The minimum atomic E-state index is -0.441. The minimum Gasteiger partial charge on any atom is -0.460 e. The molecule has 1 N–H and O–H groups in total. The zero-order valence-corrected chi connectivity index (χ0v) is 16.2. The van der Waals surface area contributed by atoms with Gasteiger partial charge in [0.05, 0.1) is 22.7 Å². The predicted molar refractivity (Wildman–Crippen MR) is 111 cm³/mol. The number of rotatable bonds is 5. The Hall–Kier alpha value is -2.96. The molecule has 28 heavy (non-hydrogen) atoms. The van der Waals surface area contributed by atoms with Crippen LogP contribution >= 0.6 is 22.9 Å². The molecule has 0 aliphatic rings. The summed E-state index contributed by atoms with van der Waals surface area (Å²) in [5, 5.41) is 4.06. The van der Waals surface area contributed by atoms with Crippen LogP contribution in [0.1, 0.15) is 11.3 Å². The van der Waals surface area contributed by atoms with Crippen LogP contribution in [0, 0.1) is 0 Å². The van der Waals surface area contributed by atoms with Crippen LogP contribution in [0.2, 0.25) is 5.02 Å². The van der Waals surface area contributed by atoms with E-state index < -0.39 is 5.97 Å². The molecule has 0 aliphatic carbocycles. The highest BCUT2D eigenvalue weighted by atomic mass is 35.5. The summed E-state index contributed by atoms with van der Waals surface area (Å²) in [5.74, 6) is -0.441. The maximum Gasteiger partial charge on any atom is 0.312 e. The van der Waals surface area contributed by atoms with Gasteiger partial charge in [-0.1, -0.05) is 48.0 Å². The van der Waals surface area contributed by atoms with Gasteiger partial charge >= 0.3 is 5.97 Å². The molecule has 0 amide bonds. The predicted octanol–water partition coefficient (Wildman–Crippen LogP) is 4.59. The molecule has 2 heterocycles. The molecule has 0 atom stereocenters. The number of hydrogen-bond acceptors (Lipinski definition) is 5. The average molecular weight is 411 g/mol. The maximum atomic E-state index is 12.2. The number of benzene rings is 2. The standard InChI is InChI=1S/C21H15ClN2O3S/c22-17-7-3-2-6-16(17)21-23-15(12-28-21)10-19(25)27-11-14-9-13-5-1-4-8-18(13)24-20(14)26/h1-9,12H,10-11H2,(H,24,26). The number of carbonyl (C=O) groups is 1. The summed E-state index contributed by atoms with van der Waals surface area (Å²) in [5.41, 5.74) is 2.33. The van der Waals surface area contributed by atoms with Crippen molar-refractivity contribution in [3.8, 4) is 10.6 Å². The van der Waals surface area contributed by atoms with Gasteiger partial charge in [-0.15, -0.1) is 11.3 Å². The number of pyridine rings is 1. The third-order valence-electron chi connectivity index (χ3n) is 4.20. The van der Waals surface area contributed by atoms with Crippen LogP contribution in [0.4, 0.5) is 0 Å². The van der Waals surface area contributed by atoms with Crippen LogP contribution in [0.5, 0.6) is 0 Å². The first kappa shape index (κ1) is 18.4. The van der Waals surface area contributed by atoms with Gasteiger partial charge in [-0.05, 0) is 23.6 Å². The smallest absolute Gasteiger partial charge is 0.312 e. The van der Waals surface area contributed by atoms with Gasteiger partial charge in [-0.2, -0.15) is 0 Å². The molecule has 140 valence electrons. The van der Waals surface area contributed by atoms with Crippen molar-refractivity contribution >= 4 is 39.8 Å². The lowest BCUT2D eigenvalue weighted by molar-refractivity contribution is -0.144. The van der Waals surface area contributed by atoms with Crippen molar-refractivity contribution in [2.24, 2.45) is 0 Å². The molecule has 0 saturated heterocycles. The van der Waals surface area contributed by atoms with Gasteiger partial charge < -0.3 is 9.72 Å². The van der Waals surface area contributed by atoms with E-state index in [1.165, 1.54) is 11.3 Å². The summed E-state index contributed by atoms with van der Waals surface area (Å²) in [6.45, 7) is -0.0828. The molecule has 0 fully saturated rings. The molecule has 5 nitrogen and oxygen atoms in total. The number of ether oxygens (including phenoxy) is 1. The van der Waals surface area contributed by atoms with Gasteiger partial charge in [-0.3, -0.25) is 9.59 Å². The third-order valence-corrected chi connectivity index (χ3v) is 5.45. The van der Waals surface area contributed by atoms with Crippen LogP contribution < -0.4 is 5.56 Å². The summed E-state index contributed by atoms with van der Waals surface area (Å²) in [6, 6.07) is 16.6. The first-order chi connectivity index (χ1) is 13.6. The van der Waals surface area contributed by atoms with Gasteiger partial charge in [0, 0.05) is 16.5 Å². The van der Waals surface area contributed by atoms with E-state index in [1.54, 1.807) is 12.1 Å². The Balaban J connectivity index is 1.42. The van der Waals surface area contributed by atoms with Crippen LogP contribution in [0.3, 0.4) is 0 Å². The first-order valence-electron chi connectivity index (χ1n) is 8.56. The van der Waals surface area contributed by atoms with Gasteiger partial charge in [0.25, 0.3) is 5.56 Å². The Labute approximate surface area is 169 Å². The molecule has 0 radical (unpaired) electrons. The number of carbonyl (C=O) groups excluding carboxylic acids is 1. The number of hydrogen-bond donors (Lipinski definition) is 1. The van der Waals surface area contributed by atoms with E-state index in [-0.39, 0.29) is 18.6 Å². The Kier molecular flexibility index (Phi) is 5.23. The second kappa shape index (κ2) is 7.96. The highest BCUT2D eigenvalue weighted by molar-refractivity contribution is 7.13. The minimum absolute atomic E-state index is 0.0342. The first-order valence-corrected chi connectivity index (χ1v) is 9.82. The lowest BCUT2D eigenvalue weighted by Crippen LogP contribution is -2.16. The Bertz CT molecular complexity index is 1220. The van der Waals surface area contributed by atoms with Gasteiger partial charge in [0.2, 0.25) is 0 Å². The molecule has 0 spiro atoms. The molecule has 7 heteroatoms. The Morgan fingerprint density at radius 1 is 1.14 bits per heavy atom. The van der Waals surface area contributed by atoms with E-state index in [4.69, 9.17) is 16.3 Å². The van der Waals surface area contributed by atoms with Crippen molar-refractivity contribution in [1.82, 2.24) is 9.97 Å². The van der Waals surface area contributed by atoms with Crippen LogP contribution in [0.25, 0.3) is 21.5 Å². The molecule has 2 aromatic carbocycles. The number of para-hydroxylation sites is 1. The largest absolute Gasteiger partial charge is 0.460 e. The summed E-state index contributed by atoms with van der Waals surface area (Å²) in [7, 11) is 0. The molecular weight excluding hydrogens is 396 g/mol. The number of fused-ring (bicyclic) bond motifs is 1. The number of aromatic amines is 1. The van der Waals surface area contributed by atoms with Crippen molar-refractivity contribution < 1.29 is 9.53 Å². The highest BCUT2D eigenvalue weighted by Gasteiger charge is 2.13. The monoisotopic (exact) mass is 410 g/mol. The van der Waals surface area contributed by atoms with E-state index >= 15 is 0 Å². The van der Waals surface area contributed by atoms with Gasteiger partial charge in [0.1, 0.15) is 11.6 Å². The van der Waals surface area contributed by atoms with E-state index in [0.29, 0.717) is 16.3 Å². The summed E-state index contributed by atoms with van der Waals surface area (Å²) in [4.78, 5) is 31.6. The van der Waals surface area contributed by atoms with Gasteiger partial charge in [0.15, 0.2) is 0 Å². The Morgan fingerprint density at radius 3 is 2.79 bits per heavy atom. The second-order valence-corrected chi connectivity index (χ2v) is 7.44. The molecule has 0 saturated carbocycles. The normalized spacial score (nSPS) is 10.9. The summed E-state index contributed by atoms with van der Waals surface area (Å²) >= 11 is 7.61. The molecular formula is C21H15ClN2O3S. The van der Waals surface area contributed by atoms with Crippen molar-refractivity contribution in [3.05, 3.63) is 86.6 Å². The topological polar surface area (TPSA) is 72.0 Å². The molecule has 0 bridgehead atoms. The number of esters is 1. The quantitative estimate of drug-likeness (QED) is 0.488. The number of aromatic nitrogens is 2. The maximum absolute atomic E-state index is 12.2. The summed E-state index contributed by atoms with van der Waals surface area (Å²) < 4.78 is 5.28. The van der Waals surface area contributed by atoms with E-state index in [9.17, 15) is 9.59 Å². The van der Waals surface area contributed by atoms with Crippen LogP contribution in [0.15, 0.2) is 64.8 Å². The number of halogens is 1. The molecule has 2 aromatic heterocycles. The Morgan fingerprint density at radius 2 is 1.93 bits per heavy atom. The fraction of sp³-hybridized carbons (Fsp3) is 0.0952. The number of H-pyrrole nitrogens is 1. The van der Waals surface area contributed by atoms with Crippen LogP contribution in [-0.2, 0) is 22.6 Å². The molecule has 0 unspecified atom stereocenters. The van der Waals surface area contributed by atoms with Gasteiger partial charge in [-0.25, -0.2) is 4.98 Å². The van der Waals surface area contributed by atoms with E-state index in [0.717, 1.165) is 21.5 Å². The van der Waals surface area contributed by atoms with Crippen molar-refractivity contribution in [3.63, 3.8) is 0 Å². The third kappa shape index (κ3) is 3.98. The zero-order valence-electron chi connectivity index (χ0n) is 14.6. The van der Waals surface area contributed by atoms with Crippen molar-refractivity contribution in [2.75, 3.05) is 0 Å². The van der Waals surface area contributed by atoms with Crippen LogP contribution in [-0.4, -0.2) is 15.9 Å². The average Bonchev–Trinajstić information content (AvgIpc) is 3.14. The lowest BCUT2D eigenvalue weighted by Gasteiger charge is -2.05. The van der Waals surface area contributed by atoms with E-state index in [1.807, 2.05) is 47.8 Å². The molecule has 4 rings (SSSR count). The fourth-order valence-corrected chi connectivity index (χ4v) is 3.94. The molecule has 0 aliphatic heterocycles. The van der Waals surface area contributed by atoms with E-state index in [2.05, 4.69) is 9.97 Å². The highest BCUT2D eigenvalue weighted by Crippen LogP contribution is 2.30.